The summed E-state index contributed by atoms with van der Waals surface area (Å²) in [5.41, 5.74) is 3.75. The summed E-state index contributed by atoms with van der Waals surface area (Å²) in [4.78, 5) is 9.96. The maximum atomic E-state index is 14.1. The minimum absolute atomic E-state index is 0.289. The molecule has 7 heteroatoms. The largest absolute Gasteiger partial charge is 0.494 e. The molecule has 210 valence electrons. The number of pyridine rings is 1. The number of ether oxygens (including phenoxy) is 1. The van der Waals surface area contributed by atoms with Gasteiger partial charge in [-0.15, -0.1) is 0 Å². The van der Waals surface area contributed by atoms with Crippen molar-refractivity contribution >= 4 is 38.7 Å². The highest BCUT2D eigenvalue weighted by Crippen LogP contribution is 2.38. The van der Waals surface area contributed by atoms with Crippen LogP contribution in [0.25, 0.3) is 33.0 Å². The quantitative estimate of drug-likeness (QED) is 0.160. The van der Waals surface area contributed by atoms with Gasteiger partial charge in [0.15, 0.2) is 5.58 Å². The molecule has 0 aliphatic carbocycles. The molecule has 0 atom stereocenters. The van der Waals surface area contributed by atoms with Gasteiger partial charge in [0.05, 0.1) is 17.8 Å². The number of anilines is 1. The number of rotatable bonds is 15. The molecule has 0 spiro atoms. The van der Waals surface area contributed by atoms with Crippen LogP contribution < -0.4 is 10.1 Å². The second kappa shape index (κ2) is 13.4. The van der Waals surface area contributed by atoms with E-state index in [1.54, 1.807) is 6.07 Å². The molecule has 0 radical (unpaired) electrons. The zero-order valence-corrected chi connectivity index (χ0v) is 23.6. The molecule has 6 nitrogen and oxygen atoms in total. The van der Waals surface area contributed by atoms with Gasteiger partial charge in [0.25, 0.3) is 0 Å². The SMILES string of the molecule is CCCCN(CCCC)CCCOc1ccc2nc3c(oc4ccc(F)cc43)c(NCCN3CCCC3)c2c1. The number of unbranched alkanes of at least 4 members (excludes halogenated alkanes) is 2. The minimum Gasteiger partial charge on any atom is -0.494 e. The predicted molar refractivity (Wildman–Crippen MR) is 160 cm³/mol. The molecule has 2 aromatic heterocycles. The van der Waals surface area contributed by atoms with Crippen LogP contribution in [0.5, 0.6) is 5.75 Å². The molecule has 2 aromatic carbocycles. The van der Waals surface area contributed by atoms with E-state index in [2.05, 4.69) is 35.0 Å². The van der Waals surface area contributed by atoms with Crippen molar-refractivity contribution in [1.29, 1.82) is 0 Å². The Labute approximate surface area is 231 Å². The van der Waals surface area contributed by atoms with Crippen molar-refractivity contribution < 1.29 is 13.5 Å². The standard InChI is InChI=1S/C32H43FN4O2/c1-3-5-15-36(16-6-4-2)19-9-21-38-25-11-12-28-26(23-25)30(34-14-20-37-17-7-8-18-37)32-31(35-28)27-22-24(33)10-13-29(27)39-32/h10-13,22-23H,3-9,14-21H2,1-2H3,(H,34,35). The summed E-state index contributed by atoms with van der Waals surface area (Å²) in [5, 5.41) is 5.32. The number of likely N-dealkylation sites (tertiary alicyclic amines) is 1. The summed E-state index contributed by atoms with van der Waals surface area (Å²) < 4.78 is 26.6. The third kappa shape index (κ3) is 6.82. The zero-order chi connectivity index (χ0) is 27.0. The van der Waals surface area contributed by atoms with Crippen LogP contribution in [0.15, 0.2) is 40.8 Å². The molecule has 1 N–H and O–H groups in total. The number of hydrogen-bond acceptors (Lipinski definition) is 6. The van der Waals surface area contributed by atoms with Gasteiger partial charge < -0.3 is 24.3 Å². The van der Waals surface area contributed by atoms with Crippen molar-refractivity contribution in [2.24, 2.45) is 0 Å². The van der Waals surface area contributed by atoms with Crippen LogP contribution in [0.2, 0.25) is 0 Å². The topological polar surface area (TPSA) is 53.8 Å². The molecule has 0 bridgehead atoms. The number of halogens is 1. The van der Waals surface area contributed by atoms with Crippen molar-refractivity contribution in [3.05, 3.63) is 42.2 Å². The summed E-state index contributed by atoms with van der Waals surface area (Å²) in [6.45, 7) is 12.7. The maximum absolute atomic E-state index is 14.1. The highest BCUT2D eigenvalue weighted by molar-refractivity contribution is 6.14. The summed E-state index contributed by atoms with van der Waals surface area (Å²) >= 11 is 0. The second-order valence-electron chi connectivity index (χ2n) is 10.8. The summed E-state index contributed by atoms with van der Waals surface area (Å²) in [6.07, 6.45) is 8.49. The number of nitrogens with one attached hydrogen (secondary N) is 1. The van der Waals surface area contributed by atoms with Crippen molar-refractivity contribution in [1.82, 2.24) is 14.8 Å². The third-order valence-corrected chi connectivity index (χ3v) is 7.79. The minimum atomic E-state index is -0.289. The van der Waals surface area contributed by atoms with Gasteiger partial charge in [-0.3, -0.25) is 0 Å². The van der Waals surface area contributed by atoms with E-state index < -0.39 is 0 Å². The molecule has 1 aliphatic rings. The molecule has 0 saturated carbocycles. The van der Waals surface area contributed by atoms with E-state index in [4.69, 9.17) is 14.1 Å². The monoisotopic (exact) mass is 534 g/mol. The molecule has 1 fully saturated rings. The fourth-order valence-corrected chi connectivity index (χ4v) is 5.58. The molecule has 39 heavy (non-hydrogen) atoms. The lowest BCUT2D eigenvalue weighted by Gasteiger charge is -2.22. The Balaban J connectivity index is 1.36. The Morgan fingerprint density at radius 3 is 2.51 bits per heavy atom. The van der Waals surface area contributed by atoms with Crippen LogP contribution >= 0.6 is 0 Å². The second-order valence-corrected chi connectivity index (χ2v) is 10.8. The highest BCUT2D eigenvalue weighted by atomic mass is 19.1. The van der Waals surface area contributed by atoms with Crippen molar-refractivity contribution in [2.75, 3.05) is 57.7 Å². The summed E-state index contributed by atoms with van der Waals surface area (Å²) in [5.74, 6) is 0.546. The van der Waals surface area contributed by atoms with E-state index in [1.807, 2.05) is 12.1 Å². The Hall–Kier alpha value is -2.90. The van der Waals surface area contributed by atoms with Crippen molar-refractivity contribution in [3.8, 4) is 5.75 Å². The lowest BCUT2D eigenvalue weighted by molar-refractivity contribution is 0.229. The molecule has 1 saturated heterocycles. The number of aromatic nitrogens is 1. The van der Waals surface area contributed by atoms with Gasteiger partial charge in [-0.2, -0.15) is 0 Å². The Morgan fingerprint density at radius 2 is 1.74 bits per heavy atom. The number of fused-ring (bicyclic) bond motifs is 4. The molecule has 3 heterocycles. The Bertz CT molecular complexity index is 1360. The first-order valence-electron chi connectivity index (χ1n) is 14.9. The summed E-state index contributed by atoms with van der Waals surface area (Å²) in [7, 11) is 0. The lowest BCUT2D eigenvalue weighted by atomic mass is 10.1. The van der Waals surface area contributed by atoms with Crippen molar-refractivity contribution in [2.45, 2.75) is 58.8 Å². The zero-order valence-electron chi connectivity index (χ0n) is 23.6. The number of benzene rings is 2. The molecular weight excluding hydrogens is 491 g/mol. The van der Waals surface area contributed by atoms with Gasteiger partial charge >= 0.3 is 0 Å². The van der Waals surface area contributed by atoms with E-state index in [0.29, 0.717) is 28.7 Å². The first kappa shape index (κ1) is 27.7. The van der Waals surface area contributed by atoms with Gasteiger partial charge in [0.1, 0.15) is 22.7 Å². The van der Waals surface area contributed by atoms with Gasteiger partial charge in [0.2, 0.25) is 0 Å². The van der Waals surface area contributed by atoms with E-state index in [0.717, 1.165) is 61.5 Å². The van der Waals surface area contributed by atoms with Crippen LogP contribution in [-0.2, 0) is 0 Å². The molecule has 5 rings (SSSR count). The fraction of sp³-hybridized carbons (Fsp3) is 0.531. The number of nitrogens with zero attached hydrogens (tertiary/aromatic N) is 3. The van der Waals surface area contributed by atoms with E-state index in [1.165, 1.54) is 63.7 Å². The van der Waals surface area contributed by atoms with Gasteiger partial charge in [-0.1, -0.05) is 26.7 Å². The predicted octanol–water partition coefficient (Wildman–Crippen LogP) is 7.45. The lowest BCUT2D eigenvalue weighted by Crippen LogP contribution is -2.28. The van der Waals surface area contributed by atoms with Gasteiger partial charge in [0, 0.05) is 30.4 Å². The van der Waals surface area contributed by atoms with Crippen LogP contribution in [0.1, 0.15) is 58.8 Å². The molecule has 0 amide bonds. The van der Waals surface area contributed by atoms with E-state index in [9.17, 15) is 4.39 Å². The fourth-order valence-electron chi connectivity index (χ4n) is 5.58. The Morgan fingerprint density at radius 1 is 0.974 bits per heavy atom. The first-order valence-corrected chi connectivity index (χ1v) is 14.9. The first-order chi connectivity index (χ1) is 19.2. The van der Waals surface area contributed by atoms with Crippen LogP contribution in [-0.4, -0.2) is 67.2 Å². The molecule has 4 aromatic rings. The highest BCUT2D eigenvalue weighted by Gasteiger charge is 2.18. The van der Waals surface area contributed by atoms with Gasteiger partial charge in [-0.05, 0) is 94.7 Å². The number of hydrogen-bond donors (Lipinski definition) is 1. The maximum Gasteiger partial charge on any atom is 0.177 e. The third-order valence-electron chi connectivity index (χ3n) is 7.79. The smallest absolute Gasteiger partial charge is 0.177 e. The van der Waals surface area contributed by atoms with Crippen LogP contribution in [0.4, 0.5) is 10.1 Å². The molecular formula is C32H43FN4O2. The van der Waals surface area contributed by atoms with E-state index >= 15 is 0 Å². The molecule has 0 unspecified atom stereocenters. The van der Waals surface area contributed by atoms with E-state index in [-0.39, 0.29) is 5.82 Å². The average molecular weight is 535 g/mol. The summed E-state index contributed by atoms with van der Waals surface area (Å²) in [6, 6.07) is 10.7. The normalized spacial score (nSPS) is 14.4. The van der Waals surface area contributed by atoms with Crippen LogP contribution in [0, 0.1) is 5.82 Å². The molecule has 1 aliphatic heterocycles. The van der Waals surface area contributed by atoms with Gasteiger partial charge in [-0.25, -0.2) is 9.37 Å². The Kier molecular flexibility index (Phi) is 9.53. The number of furan rings is 1. The van der Waals surface area contributed by atoms with Crippen molar-refractivity contribution in [3.63, 3.8) is 0 Å². The average Bonchev–Trinajstić information content (AvgIpc) is 3.59. The van der Waals surface area contributed by atoms with Crippen LogP contribution in [0.3, 0.4) is 0 Å².